The van der Waals surface area contributed by atoms with E-state index in [-0.39, 0.29) is 34.9 Å². The Balaban J connectivity index is 1.49. The summed E-state index contributed by atoms with van der Waals surface area (Å²) < 4.78 is 48.1. The highest BCUT2D eigenvalue weighted by molar-refractivity contribution is 6.30. The third-order valence-electron chi connectivity index (χ3n) is 6.34. The average molecular weight is 428 g/mol. The quantitative estimate of drug-likeness (QED) is 0.682. The van der Waals surface area contributed by atoms with Gasteiger partial charge in [0.1, 0.15) is 30.3 Å². The molecule has 0 radical (unpaired) electrons. The van der Waals surface area contributed by atoms with Gasteiger partial charge < -0.3 is 9.64 Å². The summed E-state index contributed by atoms with van der Waals surface area (Å²) in [6, 6.07) is -0.356. The summed E-state index contributed by atoms with van der Waals surface area (Å²) >= 11 is 5.83. The number of anilines is 1. The van der Waals surface area contributed by atoms with E-state index in [1.54, 1.807) is 11.9 Å². The monoisotopic (exact) mass is 427 g/mol. The number of pyridine rings is 1. The van der Waals surface area contributed by atoms with E-state index < -0.39 is 18.2 Å². The fraction of sp³-hybridized carbons (Fsp3) is 0.632. The molecule has 2 aromatic heterocycles. The standard InChI is InChI=1S/C19H21ClF3N5O/c1-27(13-5-12(13)22)17-11-7-24-16(20)14(23)15(11)25-18(26-17)29-9-19-3-2-4-28(19)8-10(21)6-19/h7,10,12-13H,2-6,8-9H2,1H3/t10-,12-,13+,19+/m1/s1. The van der Waals surface area contributed by atoms with Crippen molar-refractivity contribution < 1.29 is 17.9 Å². The van der Waals surface area contributed by atoms with Crippen LogP contribution >= 0.6 is 11.6 Å². The lowest BCUT2D eigenvalue weighted by Crippen LogP contribution is -2.43. The first-order valence-electron chi connectivity index (χ1n) is 9.78. The van der Waals surface area contributed by atoms with Gasteiger partial charge in [0.25, 0.3) is 0 Å². The molecule has 0 aromatic carbocycles. The number of halogens is 4. The fourth-order valence-corrected chi connectivity index (χ4v) is 4.83. The second-order valence-electron chi connectivity index (χ2n) is 8.25. The van der Waals surface area contributed by atoms with Crippen LogP contribution in [0.5, 0.6) is 6.01 Å². The van der Waals surface area contributed by atoms with Gasteiger partial charge >= 0.3 is 6.01 Å². The van der Waals surface area contributed by atoms with E-state index in [1.807, 2.05) is 0 Å². The van der Waals surface area contributed by atoms with Crippen LogP contribution in [0.2, 0.25) is 5.15 Å². The van der Waals surface area contributed by atoms with Crippen LogP contribution in [0.3, 0.4) is 0 Å². The Kier molecular flexibility index (Phi) is 4.51. The van der Waals surface area contributed by atoms with Crippen LogP contribution in [0.25, 0.3) is 10.9 Å². The first-order valence-corrected chi connectivity index (χ1v) is 10.2. The van der Waals surface area contributed by atoms with Gasteiger partial charge in [-0.05, 0) is 19.4 Å². The Morgan fingerprint density at radius 2 is 2.17 bits per heavy atom. The van der Waals surface area contributed by atoms with Crippen molar-refractivity contribution >= 4 is 28.3 Å². The van der Waals surface area contributed by atoms with Gasteiger partial charge in [-0.25, -0.2) is 18.2 Å². The van der Waals surface area contributed by atoms with E-state index in [9.17, 15) is 13.2 Å². The van der Waals surface area contributed by atoms with Crippen LogP contribution in [0, 0.1) is 5.82 Å². The number of fused-ring (bicyclic) bond motifs is 2. The SMILES string of the molecule is CN(c1nc(OC[C@@]23CCCN2C[C@H](F)C3)nc2c(F)c(Cl)ncc12)[C@H]1C[C@H]1F. The summed E-state index contributed by atoms with van der Waals surface area (Å²) in [4.78, 5) is 16.2. The Morgan fingerprint density at radius 1 is 1.38 bits per heavy atom. The molecule has 156 valence electrons. The number of hydrogen-bond acceptors (Lipinski definition) is 6. The predicted molar refractivity (Wildman–Crippen MR) is 103 cm³/mol. The van der Waals surface area contributed by atoms with Gasteiger partial charge in [-0.15, -0.1) is 0 Å². The topological polar surface area (TPSA) is 54.4 Å². The highest BCUT2D eigenvalue weighted by atomic mass is 35.5. The van der Waals surface area contributed by atoms with E-state index >= 15 is 0 Å². The van der Waals surface area contributed by atoms with Gasteiger partial charge in [-0.1, -0.05) is 11.6 Å². The van der Waals surface area contributed by atoms with Crippen molar-refractivity contribution in [3.63, 3.8) is 0 Å². The summed E-state index contributed by atoms with van der Waals surface area (Å²) in [6.07, 6.45) is 2.17. The Labute approximate surface area is 171 Å². The van der Waals surface area contributed by atoms with Crippen LogP contribution in [-0.4, -0.2) is 70.5 Å². The van der Waals surface area contributed by atoms with Crippen molar-refractivity contribution in [3.05, 3.63) is 17.2 Å². The summed E-state index contributed by atoms with van der Waals surface area (Å²) in [5.41, 5.74) is -0.401. The summed E-state index contributed by atoms with van der Waals surface area (Å²) in [7, 11) is 1.70. The van der Waals surface area contributed by atoms with Crippen LogP contribution in [0.4, 0.5) is 19.0 Å². The lowest BCUT2D eigenvalue weighted by Gasteiger charge is -2.31. The van der Waals surface area contributed by atoms with E-state index in [4.69, 9.17) is 16.3 Å². The maximum atomic E-state index is 14.6. The van der Waals surface area contributed by atoms with Gasteiger partial charge in [0.2, 0.25) is 0 Å². The number of rotatable bonds is 5. The van der Waals surface area contributed by atoms with Crippen LogP contribution < -0.4 is 9.64 Å². The zero-order valence-electron chi connectivity index (χ0n) is 15.9. The lowest BCUT2D eigenvalue weighted by molar-refractivity contribution is 0.107. The Hall–Kier alpha value is -1.87. The maximum absolute atomic E-state index is 14.6. The first-order chi connectivity index (χ1) is 13.9. The minimum absolute atomic E-state index is 0.0246. The zero-order chi connectivity index (χ0) is 20.3. The highest BCUT2D eigenvalue weighted by Crippen LogP contribution is 2.41. The number of alkyl halides is 2. The molecule has 10 heteroatoms. The molecule has 2 aliphatic heterocycles. The van der Waals surface area contributed by atoms with E-state index in [2.05, 4.69) is 19.9 Å². The van der Waals surface area contributed by atoms with Crippen molar-refractivity contribution in [1.82, 2.24) is 19.9 Å². The molecule has 0 amide bonds. The number of nitrogens with zero attached hydrogens (tertiary/aromatic N) is 5. The summed E-state index contributed by atoms with van der Waals surface area (Å²) in [5.74, 6) is -0.433. The maximum Gasteiger partial charge on any atom is 0.319 e. The Bertz CT molecular complexity index is 965. The van der Waals surface area contributed by atoms with Gasteiger partial charge in [0.05, 0.1) is 17.0 Å². The first kappa shape index (κ1) is 19.1. The van der Waals surface area contributed by atoms with Crippen molar-refractivity contribution in [2.75, 3.05) is 31.6 Å². The third kappa shape index (κ3) is 3.18. The molecule has 0 N–H and O–H groups in total. The van der Waals surface area contributed by atoms with Gasteiger partial charge in [0.15, 0.2) is 11.0 Å². The van der Waals surface area contributed by atoms with Crippen molar-refractivity contribution in [2.24, 2.45) is 0 Å². The minimum atomic E-state index is -0.953. The van der Waals surface area contributed by atoms with Gasteiger partial charge in [-0.3, -0.25) is 4.90 Å². The summed E-state index contributed by atoms with van der Waals surface area (Å²) in [6.45, 7) is 1.47. The van der Waals surface area contributed by atoms with Crippen molar-refractivity contribution in [3.8, 4) is 6.01 Å². The minimum Gasteiger partial charge on any atom is -0.461 e. The zero-order valence-corrected chi connectivity index (χ0v) is 16.7. The molecule has 0 bridgehead atoms. The molecule has 1 aliphatic carbocycles. The fourth-order valence-electron chi connectivity index (χ4n) is 4.69. The van der Waals surface area contributed by atoms with Crippen LogP contribution in [0.1, 0.15) is 25.7 Å². The van der Waals surface area contributed by atoms with Crippen molar-refractivity contribution in [2.45, 2.75) is 49.6 Å². The average Bonchev–Trinajstić information content (AvgIpc) is 3.17. The number of hydrogen-bond donors (Lipinski definition) is 0. The number of aromatic nitrogens is 3. The second-order valence-corrected chi connectivity index (χ2v) is 8.61. The predicted octanol–water partition coefficient (Wildman–Crippen LogP) is 3.32. The molecular weight excluding hydrogens is 407 g/mol. The van der Waals surface area contributed by atoms with Crippen LogP contribution in [-0.2, 0) is 0 Å². The smallest absolute Gasteiger partial charge is 0.319 e. The molecule has 5 rings (SSSR count). The molecule has 29 heavy (non-hydrogen) atoms. The molecule has 6 nitrogen and oxygen atoms in total. The Morgan fingerprint density at radius 3 is 2.93 bits per heavy atom. The highest BCUT2D eigenvalue weighted by Gasteiger charge is 2.49. The van der Waals surface area contributed by atoms with Gasteiger partial charge in [0, 0.05) is 32.6 Å². The van der Waals surface area contributed by atoms with E-state index in [0.717, 1.165) is 19.4 Å². The molecule has 4 heterocycles. The molecule has 2 saturated heterocycles. The molecule has 1 saturated carbocycles. The summed E-state index contributed by atoms with van der Waals surface area (Å²) in [5, 5.41) is 0.0355. The third-order valence-corrected chi connectivity index (χ3v) is 6.61. The molecule has 0 spiro atoms. The molecule has 2 aromatic rings. The molecule has 3 fully saturated rings. The largest absolute Gasteiger partial charge is 0.461 e. The molecule has 3 aliphatic rings. The lowest BCUT2D eigenvalue weighted by atomic mass is 9.95. The second kappa shape index (κ2) is 6.84. The molecular formula is C19H21ClF3N5O. The van der Waals surface area contributed by atoms with Crippen molar-refractivity contribution in [1.29, 1.82) is 0 Å². The van der Waals surface area contributed by atoms with E-state index in [0.29, 0.717) is 30.6 Å². The number of ether oxygens (including phenoxy) is 1. The van der Waals surface area contributed by atoms with Crippen LogP contribution in [0.15, 0.2) is 6.20 Å². The molecule has 4 atom stereocenters. The van der Waals surface area contributed by atoms with Gasteiger partial charge in [-0.2, -0.15) is 9.97 Å². The van der Waals surface area contributed by atoms with E-state index in [1.165, 1.54) is 6.20 Å². The molecule has 0 unspecified atom stereocenters. The normalized spacial score (nSPS) is 31.3.